The molecule has 0 amide bonds. The Morgan fingerprint density at radius 1 is 1.06 bits per heavy atom. The highest BCUT2D eigenvalue weighted by Crippen LogP contribution is 2.17. The number of carbonyl (C=O) groups is 3. The number of halogens is 1. The number of aliphatic hydroxyl groups is 1. The van der Waals surface area contributed by atoms with Gasteiger partial charge in [0.2, 0.25) is 0 Å². The van der Waals surface area contributed by atoms with Gasteiger partial charge in [0, 0.05) is 29.8 Å². The lowest BCUT2D eigenvalue weighted by atomic mass is 10.1. The Labute approximate surface area is 202 Å². The lowest BCUT2D eigenvalue weighted by Gasteiger charge is -2.18. The molecule has 0 saturated carbocycles. The molecule has 2 aromatic carbocycles. The average Bonchev–Trinajstić information content (AvgIpc) is 2.81. The fraction of sp³-hybridized carbons (Fsp3) is 0.292. The minimum absolute atomic E-state index is 0.0542. The second-order valence-electron chi connectivity index (χ2n) is 7.10. The highest BCUT2D eigenvalue weighted by atomic mass is 35.5. The molecule has 184 valence electrons. The molecule has 0 unspecified atom stereocenters. The molecule has 0 spiro atoms. The number of nitrogens with one attached hydrogen (secondary N) is 1. The van der Waals surface area contributed by atoms with E-state index in [2.05, 4.69) is 10.1 Å². The van der Waals surface area contributed by atoms with Gasteiger partial charge in [0.15, 0.2) is 0 Å². The zero-order valence-corrected chi connectivity index (χ0v) is 19.6. The van der Waals surface area contributed by atoms with Gasteiger partial charge in [-0.15, -0.1) is 0 Å². The number of methoxy groups -OCH3 is 1. The van der Waals surface area contributed by atoms with Gasteiger partial charge in [-0.1, -0.05) is 35.9 Å². The molecule has 0 bridgehead atoms. The van der Waals surface area contributed by atoms with E-state index in [1.807, 2.05) is 43.3 Å². The molecule has 0 heterocycles. The summed E-state index contributed by atoms with van der Waals surface area (Å²) in [5.74, 6) is -2.06. The van der Waals surface area contributed by atoms with Crippen LogP contribution >= 0.6 is 11.6 Å². The minimum Gasteiger partial charge on any atom is -0.492 e. The third-order valence-corrected chi connectivity index (χ3v) is 4.50. The van der Waals surface area contributed by atoms with Gasteiger partial charge in [0.1, 0.15) is 12.4 Å². The van der Waals surface area contributed by atoms with Gasteiger partial charge in [-0.25, -0.2) is 9.59 Å². The van der Waals surface area contributed by atoms with Crippen LogP contribution in [0.25, 0.3) is 0 Å². The van der Waals surface area contributed by atoms with E-state index in [1.165, 1.54) is 7.11 Å². The summed E-state index contributed by atoms with van der Waals surface area (Å²) in [6.07, 6.45) is 0.731. The number of hydrogen-bond donors (Lipinski definition) is 4. The van der Waals surface area contributed by atoms with Gasteiger partial charge >= 0.3 is 17.9 Å². The molecule has 10 heteroatoms. The Bertz CT molecular complexity index is 946. The molecule has 0 aliphatic carbocycles. The summed E-state index contributed by atoms with van der Waals surface area (Å²) in [7, 11) is 1.37. The van der Waals surface area contributed by atoms with E-state index in [0.29, 0.717) is 30.3 Å². The summed E-state index contributed by atoms with van der Waals surface area (Å²) in [4.78, 5) is 30.3. The van der Waals surface area contributed by atoms with Crippen molar-refractivity contribution in [1.82, 2.24) is 5.32 Å². The summed E-state index contributed by atoms with van der Waals surface area (Å²) in [6.45, 7) is 2.85. The standard InChI is InChI=1S/C20H24ClNO4.C4H4O4/c1-14(22-12-19(23)16-4-3-5-17(21)11-16)13-26-18-8-6-15(7-9-18)10-20(24)25-2;5-3(6)1-2-4(7)8/h3-9,11,14,19,22-23H,10,12-13H2,1-2H3;1-2H,(H,5,6)(H,7,8)/b;2-1+/t14-,19+;/m1./s1. The van der Waals surface area contributed by atoms with Crippen molar-refractivity contribution in [1.29, 1.82) is 0 Å². The van der Waals surface area contributed by atoms with E-state index < -0.39 is 18.0 Å². The van der Waals surface area contributed by atoms with Crippen LogP contribution in [0.1, 0.15) is 24.2 Å². The number of carboxylic acids is 2. The largest absolute Gasteiger partial charge is 0.492 e. The van der Waals surface area contributed by atoms with Crippen molar-refractivity contribution in [2.75, 3.05) is 20.3 Å². The number of aliphatic hydroxyl groups excluding tert-OH is 1. The number of carbonyl (C=O) groups excluding carboxylic acids is 1. The molecule has 2 aromatic rings. The smallest absolute Gasteiger partial charge is 0.328 e. The second kappa shape index (κ2) is 15.4. The fourth-order valence-corrected chi connectivity index (χ4v) is 2.71. The SMILES string of the molecule is COC(=O)Cc1ccc(OC[C@@H](C)NC[C@H](O)c2cccc(Cl)c2)cc1.O=C(O)/C=C/C(=O)O. The van der Waals surface area contributed by atoms with Crippen LogP contribution in [0.5, 0.6) is 5.75 Å². The molecule has 4 N–H and O–H groups in total. The molecule has 9 nitrogen and oxygen atoms in total. The number of hydrogen-bond acceptors (Lipinski definition) is 7. The lowest BCUT2D eigenvalue weighted by molar-refractivity contribution is -0.139. The van der Waals surface area contributed by atoms with E-state index in [-0.39, 0.29) is 18.4 Å². The highest BCUT2D eigenvalue weighted by molar-refractivity contribution is 6.30. The van der Waals surface area contributed by atoms with E-state index in [0.717, 1.165) is 16.9 Å². The Hall–Kier alpha value is -3.40. The molecule has 0 aromatic heterocycles. The maximum Gasteiger partial charge on any atom is 0.328 e. The predicted octanol–water partition coefficient (Wildman–Crippen LogP) is 2.86. The molecule has 0 radical (unpaired) electrons. The monoisotopic (exact) mass is 493 g/mol. The van der Waals surface area contributed by atoms with Gasteiger partial charge < -0.3 is 30.1 Å². The summed E-state index contributed by atoms with van der Waals surface area (Å²) in [6, 6.07) is 14.6. The second-order valence-corrected chi connectivity index (χ2v) is 7.53. The molecular formula is C24H28ClNO8. The van der Waals surface area contributed by atoms with Crippen molar-refractivity contribution >= 4 is 29.5 Å². The molecule has 34 heavy (non-hydrogen) atoms. The van der Waals surface area contributed by atoms with Crippen molar-refractivity contribution in [2.45, 2.75) is 25.5 Å². The molecule has 2 atom stereocenters. The van der Waals surface area contributed by atoms with E-state index in [9.17, 15) is 19.5 Å². The Kier molecular flexibility index (Phi) is 13.0. The maximum atomic E-state index is 11.2. The number of esters is 1. The van der Waals surface area contributed by atoms with Crippen LogP contribution in [0.3, 0.4) is 0 Å². The van der Waals surface area contributed by atoms with Gasteiger partial charge in [0.05, 0.1) is 19.6 Å². The zero-order valence-electron chi connectivity index (χ0n) is 18.8. The van der Waals surface area contributed by atoms with Gasteiger partial charge in [-0.2, -0.15) is 0 Å². The van der Waals surface area contributed by atoms with Crippen molar-refractivity contribution in [3.63, 3.8) is 0 Å². The number of rotatable bonds is 11. The highest BCUT2D eigenvalue weighted by Gasteiger charge is 2.10. The van der Waals surface area contributed by atoms with Crippen molar-refractivity contribution in [2.24, 2.45) is 0 Å². The first-order chi connectivity index (χ1) is 16.1. The summed E-state index contributed by atoms with van der Waals surface area (Å²) >= 11 is 5.94. The lowest BCUT2D eigenvalue weighted by Crippen LogP contribution is -2.34. The Balaban J connectivity index is 0.000000620. The van der Waals surface area contributed by atoms with Crippen molar-refractivity contribution in [3.8, 4) is 5.75 Å². The summed E-state index contributed by atoms with van der Waals surface area (Å²) < 4.78 is 10.4. The van der Waals surface area contributed by atoms with Gasteiger partial charge in [-0.3, -0.25) is 4.79 Å². The molecular weight excluding hydrogens is 466 g/mol. The first kappa shape index (κ1) is 28.6. The summed E-state index contributed by atoms with van der Waals surface area (Å²) in [5, 5.41) is 29.7. The van der Waals surface area contributed by atoms with E-state index in [1.54, 1.807) is 12.1 Å². The number of benzene rings is 2. The number of carboxylic acid groups (broad SMARTS) is 2. The van der Waals surface area contributed by atoms with Crippen LogP contribution in [0.2, 0.25) is 5.02 Å². The van der Waals surface area contributed by atoms with Crippen LogP contribution < -0.4 is 10.1 Å². The molecule has 0 saturated heterocycles. The van der Waals surface area contributed by atoms with E-state index >= 15 is 0 Å². The number of aliphatic carboxylic acids is 2. The van der Waals surface area contributed by atoms with Crippen LogP contribution in [0, 0.1) is 0 Å². The van der Waals surface area contributed by atoms with Gasteiger partial charge in [0.25, 0.3) is 0 Å². The topological polar surface area (TPSA) is 142 Å². The number of ether oxygens (including phenoxy) is 2. The molecule has 0 aliphatic heterocycles. The summed E-state index contributed by atoms with van der Waals surface area (Å²) in [5.41, 5.74) is 1.65. The fourth-order valence-electron chi connectivity index (χ4n) is 2.51. The van der Waals surface area contributed by atoms with E-state index in [4.69, 9.17) is 26.6 Å². The maximum absolute atomic E-state index is 11.2. The average molecular weight is 494 g/mol. The normalized spacial score (nSPS) is 12.2. The Morgan fingerprint density at radius 3 is 2.21 bits per heavy atom. The van der Waals surface area contributed by atoms with Crippen LogP contribution in [0.4, 0.5) is 0 Å². The van der Waals surface area contributed by atoms with Crippen LogP contribution in [-0.2, 0) is 25.5 Å². The first-order valence-electron chi connectivity index (χ1n) is 10.2. The van der Waals surface area contributed by atoms with Crippen LogP contribution in [-0.4, -0.2) is 59.5 Å². The minimum atomic E-state index is -1.26. The molecule has 0 aliphatic rings. The third kappa shape index (κ3) is 12.6. The quantitative estimate of drug-likeness (QED) is 0.274. The van der Waals surface area contributed by atoms with Crippen LogP contribution in [0.15, 0.2) is 60.7 Å². The zero-order chi connectivity index (χ0) is 25.5. The molecule has 0 fully saturated rings. The first-order valence-corrected chi connectivity index (χ1v) is 10.6. The Morgan fingerprint density at radius 2 is 1.68 bits per heavy atom. The van der Waals surface area contributed by atoms with Gasteiger partial charge in [-0.05, 0) is 42.3 Å². The molecule has 2 rings (SSSR count). The van der Waals surface area contributed by atoms with Crippen molar-refractivity contribution in [3.05, 3.63) is 76.8 Å². The third-order valence-electron chi connectivity index (χ3n) is 4.26. The predicted molar refractivity (Wildman–Crippen MR) is 126 cm³/mol. The van der Waals surface area contributed by atoms with Crippen molar-refractivity contribution < 1.29 is 39.2 Å².